The first-order valence-electron chi connectivity index (χ1n) is 4.92. The Bertz CT molecular complexity index is 551. The number of para-hydroxylation sites is 1. The van der Waals surface area contributed by atoms with Crippen LogP contribution in [0.2, 0.25) is 0 Å². The van der Waals surface area contributed by atoms with Gasteiger partial charge in [0.2, 0.25) is 0 Å². The van der Waals surface area contributed by atoms with Crippen molar-refractivity contribution in [3.8, 4) is 0 Å². The van der Waals surface area contributed by atoms with E-state index in [1.807, 2.05) is 0 Å². The summed E-state index contributed by atoms with van der Waals surface area (Å²) in [6, 6.07) is 5.12. The standard InChI is InChI=1S/C10H12N2O3S/c1-3-12-10(13)8-6-4-5-7(2)9(8)11-16(12,14)15/h4-6,11H,3H2,1-2H3. The molecular formula is C10H12N2O3S. The smallest absolute Gasteiger partial charge is 0.268 e. The van der Waals surface area contributed by atoms with Crippen LogP contribution in [0.3, 0.4) is 0 Å². The molecule has 1 amide bonds. The molecule has 5 nitrogen and oxygen atoms in total. The van der Waals surface area contributed by atoms with Gasteiger partial charge in [-0.15, -0.1) is 0 Å². The zero-order valence-electron chi connectivity index (χ0n) is 9.02. The number of aryl methyl sites for hydroxylation is 1. The summed E-state index contributed by atoms with van der Waals surface area (Å²) in [5, 5.41) is 0. The van der Waals surface area contributed by atoms with Gasteiger partial charge in [0.1, 0.15) is 0 Å². The molecule has 16 heavy (non-hydrogen) atoms. The van der Waals surface area contributed by atoms with Gasteiger partial charge in [-0.25, -0.2) is 4.31 Å². The highest BCUT2D eigenvalue weighted by Gasteiger charge is 2.34. The van der Waals surface area contributed by atoms with E-state index >= 15 is 0 Å². The van der Waals surface area contributed by atoms with Gasteiger partial charge in [0.25, 0.3) is 5.91 Å². The first-order chi connectivity index (χ1) is 7.47. The summed E-state index contributed by atoms with van der Waals surface area (Å²) in [5.74, 6) is -0.472. The van der Waals surface area contributed by atoms with E-state index in [0.717, 1.165) is 9.87 Å². The fraction of sp³-hybridized carbons (Fsp3) is 0.300. The number of carbonyl (C=O) groups excluding carboxylic acids is 1. The molecule has 1 N–H and O–H groups in total. The Balaban J connectivity index is 2.67. The largest absolute Gasteiger partial charge is 0.326 e. The first-order valence-corrected chi connectivity index (χ1v) is 6.36. The van der Waals surface area contributed by atoms with Crippen LogP contribution in [0, 0.1) is 6.92 Å². The van der Waals surface area contributed by atoms with Gasteiger partial charge < -0.3 is 0 Å². The average Bonchev–Trinajstić information content (AvgIpc) is 2.20. The lowest BCUT2D eigenvalue weighted by atomic mass is 10.1. The summed E-state index contributed by atoms with van der Waals surface area (Å²) >= 11 is 0. The van der Waals surface area contributed by atoms with Crippen molar-refractivity contribution in [3.63, 3.8) is 0 Å². The third kappa shape index (κ3) is 1.46. The second-order valence-corrected chi connectivity index (χ2v) is 5.17. The molecule has 0 aliphatic carbocycles. The zero-order chi connectivity index (χ0) is 11.9. The van der Waals surface area contributed by atoms with Gasteiger partial charge in [0, 0.05) is 6.54 Å². The minimum Gasteiger partial charge on any atom is -0.268 e. The van der Waals surface area contributed by atoms with E-state index in [-0.39, 0.29) is 6.54 Å². The van der Waals surface area contributed by atoms with Crippen LogP contribution < -0.4 is 4.72 Å². The minimum absolute atomic E-state index is 0.127. The van der Waals surface area contributed by atoms with Crippen molar-refractivity contribution in [3.05, 3.63) is 29.3 Å². The molecule has 1 aliphatic rings. The summed E-state index contributed by atoms with van der Waals surface area (Å²) in [4.78, 5) is 11.9. The van der Waals surface area contributed by atoms with E-state index in [4.69, 9.17) is 0 Å². The van der Waals surface area contributed by atoms with Crippen molar-refractivity contribution in [2.45, 2.75) is 13.8 Å². The normalized spacial score (nSPS) is 17.9. The number of fused-ring (bicyclic) bond motifs is 1. The highest BCUT2D eigenvalue weighted by Crippen LogP contribution is 2.28. The molecule has 1 aliphatic heterocycles. The van der Waals surface area contributed by atoms with Crippen molar-refractivity contribution >= 4 is 21.8 Å². The molecule has 6 heteroatoms. The molecule has 0 bridgehead atoms. The summed E-state index contributed by atoms with van der Waals surface area (Å²) in [5.41, 5.74) is 1.53. The lowest BCUT2D eigenvalue weighted by Gasteiger charge is -2.28. The molecule has 2 rings (SSSR count). The van der Waals surface area contributed by atoms with Gasteiger partial charge in [0.15, 0.2) is 0 Å². The second kappa shape index (κ2) is 3.48. The van der Waals surface area contributed by atoms with Crippen LogP contribution in [0.25, 0.3) is 0 Å². The Labute approximate surface area is 94.3 Å². The summed E-state index contributed by atoms with van der Waals surface area (Å²) in [6.07, 6.45) is 0. The van der Waals surface area contributed by atoms with Crippen LogP contribution in [0.1, 0.15) is 22.8 Å². The number of carbonyl (C=O) groups is 1. The Morgan fingerprint density at radius 3 is 2.69 bits per heavy atom. The predicted molar refractivity (Wildman–Crippen MR) is 60.4 cm³/mol. The van der Waals surface area contributed by atoms with Gasteiger partial charge in [0.05, 0.1) is 11.3 Å². The Kier molecular flexibility index (Phi) is 2.38. The molecule has 0 atom stereocenters. The zero-order valence-corrected chi connectivity index (χ0v) is 9.84. The molecule has 0 aromatic heterocycles. The van der Waals surface area contributed by atoms with E-state index in [9.17, 15) is 13.2 Å². The fourth-order valence-corrected chi connectivity index (χ4v) is 3.02. The molecule has 0 saturated heterocycles. The molecule has 0 spiro atoms. The van der Waals surface area contributed by atoms with Crippen LogP contribution in [-0.2, 0) is 10.2 Å². The third-order valence-electron chi connectivity index (χ3n) is 2.54. The molecule has 0 unspecified atom stereocenters. The van der Waals surface area contributed by atoms with Gasteiger partial charge >= 0.3 is 10.2 Å². The lowest BCUT2D eigenvalue weighted by molar-refractivity contribution is 0.0865. The third-order valence-corrected chi connectivity index (χ3v) is 4.00. The lowest BCUT2D eigenvalue weighted by Crippen LogP contribution is -2.44. The van der Waals surface area contributed by atoms with Crippen molar-refractivity contribution in [1.82, 2.24) is 4.31 Å². The molecule has 0 radical (unpaired) electrons. The summed E-state index contributed by atoms with van der Waals surface area (Å²) in [7, 11) is -3.72. The molecule has 86 valence electrons. The van der Waals surface area contributed by atoms with Gasteiger partial charge in [-0.2, -0.15) is 8.42 Å². The van der Waals surface area contributed by atoms with Crippen LogP contribution in [0.5, 0.6) is 0 Å². The van der Waals surface area contributed by atoms with E-state index in [1.165, 1.54) is 0 Å². The monoisotopic (exact) mass is 240 g/mol. The van der Waals surface area contributed by atoms with Gasteiger partial charge in [-0.1, -0.05) is 12.1 Å². The molecule has 1 aromatic rings. The number of rotatable bonds is 1. The SMILES string of the molecule is CCN1C(=O)c2cccc(C)c2NS1(=O)=O. The van der Waals surface area contributed by atoms with Crippen LogP contribution in [0.15, 0.2) is 18.2 Å². The number of nitrogens with one attached hydrogen (secondary N) is 1. The number of hydrogen-bond donors (Lipinski definition) is 1. The van der Waals surface area contributed by atoms with E-state index < -0.39 is 16.1 Å². The fourth-order valence-electron chi connectivity index (χ4n) is 1.72. The number of amides is 1. The topological polar surface area (TPSA) is 66.5 Å². The molecular weight excluding hydrogens is 228 g/mol. The van der Waals surface area contributed by atoms with Gasteiger partial charge in [-0.3, -0.25) is 9.52 Å². The van der Waals surface area contributed by atoms with Crippen molar-refractivity contribution in [2.75, 3.05) is 11.3 Å². The van der Waals surface area contributed by atoms with E-state index in [0.29, 0.717) is 11.3 Å². The van der Waals surface area contributed by atoms with Crippen molar-refractivity contribution in [2.24, 2.45) is 0 Å². The Morgan fingerprint density at radius 2 is 2.06 bits per heavy atom. The number of nitrogens with zero attached hydrogens (tertiary/aromatic N) is 1. The quantitative estimate of drug-likeness (QED) is 0.800. The van der Waals surface area contributed by atoms with E-state index in [2.05, 4.69) is 4.72 Å². The van der Waals surface area contributed by atoms with Gasteiger partial charge in [-0.05, 0) is 25.5 Å². The average molecular weight is 240 g/mol. The molecule has 1 heterocycles. The van der Waals surface area contributed by atoms with Crippen LogP contribution in [0.4, 0.5) is 5.69 Å². The summed E-state index contributed by atoms with van der Waals surface area (Å²) in [6.45, 7) is 3.51. The molecule has 0 saturated carbocycles. The number of benzene rings is 1. The maximum atomic E-state index is 11.9. The highest BCUT2D eigenvalue weighted by molar-refractivity contribution is 7.91. The second-order valence-electron chi connectivity index (χ2n) is 3.57. The minimum atomic E-state index is -3.72. The first kappa shape index (κ1) is 10.9. The predicted octanol–water partition coefficient (Wildman–Crippen LogP) is 1.13. The molecule has 0 fully saturated rings. The maximum absolute atomic E-state index is 11.9. The van der Waals surface area contributed by atoms with E-state index in [1.54, 1.807) is 32.0 Å². The van der Waals surface area contributed by atoms with Crippen LogP contribution in [-0.4, -0.2) is 25.2 Å². The van der Waals surface area contributed by atoms with Crippen molar-refractivity contribution in [1.29, 1.82) is 0 Å². The number of hydrogen-bond acceptors (Lipinski definition) is 3. The number of anilines is 1. The van der Waals surface area contributed by atoms with Crippen molar-refractivity contribution < 1.29 is 13.2 Å². The summed E-state index contributed by atoms with van der Waals surface area (Å²) < 4.78 is 26.7. The van der Waals surface area contributed by atoms with Crippen LogP contribution >= 0.6 is 0 Å². The molecule has 1 aromatic carbocycles. The highest BCUT2D eigenvalue weighted by atomic mass is 32.2. The Morgan fingerprint density at radius 1 is 1.38 bits per heavy atom. The maximum Gasteiger partial charge on any atom is 0.326 e. The Hall–Kier alpha value is -1.56.